The highest BCUT2D eigenvalue weighted by Gasteiger charge is 2.23. The van der Waals surface area contributed by atoms with Gasteiger partial charge < -0.3 is 16.2 Å². The van der Waals surface area contributed by atoms with E-state index in [1.54, 1.807) is 0 Å². The molecule has 0 radical (unpaired) electrons. The van der Waals surface area contributed by atoms with Crippen LogP contribution in [0, 0.1) is 5.92 Å². The van der Waals surface area contributed by atoms with Gasteiger partial charge in [-0.1, -0.05) is 20.3 Å². The predicted octanol–water partition coefficient (Wildman–Crippen LogP) is 1.81. The van der Waals surface area contributed by atoms with Gasteiger partial charge in [-0.2, -0.15) is 0 Å². The Kier molecular flexibility index (Phi) is 9.02. The summed E-state index contributed by atoms with van der Waals surface area (Å²) in [6.07, 6.45) is 4.96. The first-order valence-corrected chi connectivity index (χ1v) is 7.13. The molecule has 4 heteroatoms. The fourth-order valence-electron chi connectivity index (χ4n) is 2.10. The molecule has 0 aromatic carbocycles. The molecule has 0 bridgehead atoms. The zero-order valence-electron chi connectivity index (χ0n) is 12.2. The standard InChI is InChI=1S/C14H30N2O2/c1-4-12(8-10-15)6-7-13(18)16-14(3,5-2)9-11-17/h12,17H,4-11,15H2,1-3H3,(H,16,18). The van der Waals surface area contributed by atoms with Crippen LogP contribution in [0.15, 0.2) is 0 Å². The van der Waals surface area contributed by atoms with Crippen molar-refractivity contribution in [2.75, 3.05) is 13.2 Å². The minimum Gasteiger partial charge on any atom is -0.396 e. The van der Waals surface area contributed by atoms with Gasteiger partial charge in [-0.15, -0.1) is 0 Å². The molecule has 0 aliphatic rings. The van der Waals surface area contributed by atoms with E-state index in [0.717, 1.165) is 25.7 Å². The van der Waals surface area contributed by atoms with Crippen molar-refractivity contribution in [2.24, 2.45) is 11.7 Å². The van der Waals surface area contributed by atoms with Crippen LogP contribution >= 0.6 is 0 Å². The van der Waals surface area contributed by atoms with Crippen molar-refractivity contribution in [3.05, 3.63) is 0 Å². The Morgan fingerprint density at radius 2 is 2.06 bits per heavy atom. The second-order valence-electron chi connectivity index (χ2n) is 5.33. The van der Waals surface area contributed by atoms with Crippen LogP contribution in [0.2, 0.25) is 0 Å². The molecule has 2 atom stereocenters. The van der Waals surface area contributed by atoms with E-state index in [2.05, 4.69) is 12.2 Å². The summed E-state index contributed by atoms with van der Waals surface area (Å²) >= 11 is 0. The van der Waals surface area contributed by atoms with Crippen LogP contribution in [0.5, 0.6) is 0 Å². The second-order valence-corrected chi connectivity index (χ2v) is 5.33. The number of aliphatic hydroxyl groups excluding tert-OH is 1. The number of nitrogens with two attached hydrogens (primary N) is 1. The number of carbonyl (C=O) groups excluding carboxylic acids is 1. The first kappa shape index (κ1) is 17.4. The van der Waals surface area contributed by atoms with E-state index in [9.17, 15) is 4.79 Å². The molecule has 0 spiro atoms. The molecular formula is C14H30N2O2. The number of hydrogen-bond acceptors (Lipinski definition) is 3. The third kappa shape index (κ3) is 6.97. The molecule has 108 valence electrons. The summed E-state index contributed by atoms with van der Waals surface area (Å²) in [4.78, 5) is 11.9. The molecule has 4 nitrogen and oxygen atoms in total. The summed E-state index contributed by atoms with van der Waals surface area (Å²) in [5.74, 6) is 0.634. The maximum atomic E-state index is 11.9. The van der Waals surface area contributed by atoms with Gasteiger partial charge in [-0.25, -0.2) is 0 Å². The quantitative estimate of drug-likeness (QED) is 0.559. The molecule has 4 N–H and O–H groups in total. The van der Waals surface area contributed by atoms with Crippen molar-refractivity contribution in [1.82, 2.24) is 5.32 Å². The summed E-state index contributed by atoms with van der Waals surface area (Å²) in [6, 6.07) is 0. The SMILES string of the molecule is CCC(CCN)CCC(=O)NC(C)(CC)CCO. The Balaban J connectivity index is 4.08. The average molecular weight is 258 g/mol. The van der Waals surface area contributed by atoms with Crippen molar-refractivity contribution >= 4 is 5.91 Å². The van der Waals surface area contributed by atoms with Gasteiger partial charge in [0.1, 0.15) is 0 Å². The number of nitrogens with one attached hydrogen (secondary N) is 1. The number of hydrogen-bond donors (Lipinski definition) is 3. The third-order valence-corrected chi connectivity index (χ3v) is 3.82. The Morgan fingerprint density at radius 1 is 1.39 bits per heavy atom. The third-order valence-electron chi connectivity index (χ3n) is 3.82. The first-order chi connectivity index (χ1) is 8.51. The van der Waals surface area contributed by atoms with Crippen LogP contribution in [0.3, 0.4) is 0 Å². The van der Waals surface area contributed by atoms with Gasteiger partial charge in [0.2, 0.25) is 5.91 Å². The monoisotopic (exact) mass is 258 g/mol. The highest BCUT2D eigenvalue weighted by atomic mass is 16.3. The minimum absolute atomic E-state index is 0.0864. The molecule has 0 rings (SSSR count). The highest BCUT2D eigenvalue weighted by molar-refractivity contribution is 5.76. The normalized spacial score (nSPS) is 16.1. The van der Waals surface area contributed by atoms with E-state index >= 15 is 0 Å². The van der Waals surface area contributed by atoms with Crippen LogP contribution in [0.4, 0.5) is 0 Å². The average Bonchev–Trinajstić information content (AvgIpc) is 2.34. The number of rotatable bonds is 10. The maximum absolute atomic E-state index is 11.9. The fraction of sp³-hybridized carbons (Fsp3) is 0.929. The van der Waals surface area contributed by atoms with Crippen LogP contribution in [-0.2, 0) is 4.79 Å². The summed E-state index contributed by atoms with van der Waals surface area (Å²) in [5.41, 5.74) is 5.27. The van der Waals surface area contributed by atoms with Gasteiger partial charge in [-0.3, -0.25) is 4.79 Å². The van der Waals surface area contributed by atoms with Crippen LogP contribution in [0.25, 0.3) is 0 Å². The van der Waals surface area contributed by atoms with E-state index in [0.29, 0.717) is 25.3 Å². The van der Waals surface area contributed by atoms with Gasteiger partial charge in [0, 0.05) is 18.6 Å². The first-order valence-electron chi connectivity index (χ1n) is 7.13. The topological polar surface area (TPSA) is 75.4 Å². The molecule has 0 aliphatic heterocycles. The van der Waals surface area contributed by atoms with Gasteiger partial charge in [-0.05, 0) is 45.1 Å². The molecule has 0 heterocycles. The van der Waals surface area contributed by atoms with E-state index in [1.165, 1.54) is 0 Å². The number of amides is 1. The fourth-order valence-corrected chi connectivity index (χ4v) is 2.10. The predicted molar refractivity (Wildman–Crippen MR) is 75.2 cm³/mol. The van der Waals surface area contributed by atoms with Crippen LogP contribution in [0.1, 0.15) is 59.3 Å². The smallest absolute Gasteiger partial charge is 0.220 e. The lowest BCUT2D eigenvalue weighted by atomic mass is 9.93. The Morgan fingerprint density at radius 3 is 2.50 bits per heavy atom. The summed E-state index contributed by atoms with van der Waals surface area (Å²) in [5, 5.41) is 12.0. The summed E-state index contributed by atoms with van der Waals surface area (Å²) < 4.78 is 0. The van der Waals surface area contributed by atoms with Crippen molar-refractivity contribution in [2.45, 2.75) is 64.8 Å². The van der Waals surface area contributed by atoms with Gasteiger partial charge in [0.15, 0.2) is 0 Å². The molecule has 0 aromatic rings. The van der Waals surface area contributed by atoms with E-state index in [1.807, 2.05) is 13.8 Å². The van der Waals surface area contributed by atoms with Crippen LogP contribution < -0.4 is 11.1 Å². The molecule has 0 fully saturated rings. The molecule has 0 saturated carbocycles. The summed E-state index contributed by atoms with van der Waals surface area (Å²) in [6.45, 7) is 6.95. The van der Waals surface area contributed by atoms with Crippen molar-refractivity contribution in [1.29, 1.82) is 0 Å². The lowest BCUT2D eigenvalue weighted by Crippen LogP contribution is -2.46. The van der Waals surface area contributed by atoms with E-state index < -0.39 is 0 Å². The van der Waals surface area contributed by atoms with E-state index in [4.69, 9.17) is 10.8 Å². The van der Waals surface area contributed by atoms with Crippen LogP contribution in [-0.4, -0.2) is 29.7 Å². The zero-order valence-corrected chi connectivity index (χ0v) is 12.2. The molecule has 1 amide bonds. The summed E-state index contributed by atoms with van der Waals surface area (Å²) in [7, 11) is 0. The lowest BCUT2D eigenvalue weighted by Gasteiger charge is -2.29. The Labute approximate surface area is 111 Å². The van der Waals surface area contributed by atoms with Gasteiger partial charge in [0.25, 0.3) is 0 Å². The van der Waals surface area contributed by atoms with Gasteiger partial charge >= 0.3 is 0 Å². The van der Waals surface area contributed by atoms with Crippen molar-refractivity contribution in [3.8, 4) is 0 Å². The van der Waals surface area contributed by atoms with Crippen molar-refractivity contribution < 1.29 is 9.90 Å². The van der Waals surface area contributed by atoms with Gasteiger partial charge in [0.05, 0.1) is 0 Å². The lowest BCUT2D eigenvalue weighted by molar-refractivity contribution is -0.123. The highest BCUT2D eigenvalue weighted by Crippen LogP contribution is 2.17. The zero-order chi connectivity index (χ0) is 14.0. The number of carbonyl (C=O) groups is 1. The molecule has 0 saturated heterocycles. The molecular weight excluding hydrogens is 228 g/mol. The Hall–Kier alpha value is -0.610. The number of aliphatic hydroxyl groups is 1. The molecule has 2 unspecified atom stereocenters. The Bertz CT molecular complexity index is 234. The van der Waals surface area contributed by atoms with Crippen molar-refractivity contribution in [3.63, 3.8) is 0 Å². The molecule has 0 aromatic heterocycles. The largest absolute Gasteiger partial charge is 0.396 e. The minimum atomic E-state index is -0.276. The second kappa shape index (κ2) is 9.34. The van der Waals surface area contributed by atoms with E-state index in [-0.39, 0.29) is 18.1 Å². The maximum Gasteiger partial charge on any atom is 0.220 e. The molecule has 18 heavy (non-hydrogen) atoms. The molecule has 0 aliphatic carbocycles.